The summed E-state index contributed by atoms with van der Waals surface area (Å²) in [6.45, 7) is 0.0391. The third-order valence-corrected chi connectivity index (χ3v) is 2.37. The fraction of sp³-hybridized carbons (Fsp3) is 0.182. The third-order valence-electron chi connectivity index (χ3n) is 2.37. The van der Waals surface area contributed by atoms with Crippen molar-refractivity contribution >= 4 is 5.97 Å². The van der Waals surface area contributed by atoms with Gasteiger partial charge in [-0.2, -0.15) is 4.98 Å². The fourth-order valence-electron chi connectivity index (χ4n) is 1.45. The van der Waals surface area contributed by atoms with Crippen molar-refractivity contribution in [1.29, 1.82) is 0 Å². The Morgan fingerprint density at radius 1 is 1.58 bits per heavy atom. The average Bonchev–Trinajstić information content (AvgIpc) is 2.89. The van der Waals surface area contributed by atoms with Gasteiger partial charge in [0.15, 0.2) is 11.6 Å². The molecule has 1 heterocycles. The molecule has 0 fully saturated rings. The number of phenolic OH excluding ortho intramolecular Hbond substituents is 1. The van der Waals surface area contributed by atoms with Gasteiger partial charge in [-0.25, -0.2) is 9.18 Å². The molecule has 0 atom stereocenters. The van der Waals surface area contributed by atoms with E-state index in [1.165, 1.54) is 6.07 Å². The monoisotopic (exact) mass is 267 g/mol. The smallest absolute Gasteiger partial charge is 0.341 e. The number of carbonyl (C=O) groups excluding carboxylic acids is 1. The quantitative estimate of drug-likeness (QED) is 0.792. The zero-order valence-corrected chi connectivity index (χ0v) is 9.88. The summed E-state index contributed by atoms with van der Waals surface area (Å²) >= 11 is 0. The van der Waals surface area contributed by atoms with Crippen LogP contribution >= 0.6 is 0 Å². The van der Waals surface area contributed by atoms with E-state index in [4.69, 9.17) is 10.3 Å². The van der Waals surface area contributed by atoms with E-state index >= 15 is 0 Å². The number of aromatic nitrogens is 2. The first-order valence-corrected chi connectivity index (χ1v) is 5.20. The van der Waals surface area contributed by atoms with E-state index in [-0.39, 0.29) is 29.4 Å². The summed E-state index contributed by atoms with van der Waals surface area (Å²) in [6.07, 6.45) is 0. The normalized spacial score (nSPS) is 10.5. The van der Waals surface area contributed by atoms with Gasteiger partial charge in [0, 0.05) is 5.56 Å². The predicted octanol–water partition coefficient (Wildman–Crippen LogP) is 0.827. The molecule has 8 heteroatoms. The van der Waals surface area contributed by atoms with Crippen molar-refractivity contribution in [1.82, 2.24) is 10.1 Å². The van der Waals surface area contributed by atoms with Crippen LogP contribution < -0.4 is 5.73 Å². The lowest BCUT2D eigenvalue weighted by Gasteiger charge is -2.05. The second-order valence-electron chi connectivity index (χ2n) is 3.56. The molecule has 0 saturated heterocycles. The van der Waals surface area contributed by atoms with Gasteiger partial charge in [0.05, 0.1) is 13.7 Å². The summed E-state index contributed by atoms with van der Waals surface area (Å²) in [5, 5.41) is 13.0. The van der Waals surface area contributed by atoms with Crippen molar-refractivity contribution in [3.05, 3.63) is 29.4 Å². The Balaban J connectivity index is 2.52. The van der Waals surface area contributed by atoms with Crippen LogP contribution in [0.25, 0.3) is 11.4 Å². The number of methoxy groups -OCH3 is 1. The average molecular weight is 267 g/mol. The van der Waals surface area contributed by atoms with Crippen LogP contribution in [-0.4, -0.2) is 28.3 Å². The Kier molecular flexibility index (Phi) is 3.43. The van der Waals surface area contributed by atoms with Crippen LogP contribution in [0, 0.1) is 5.82 Å². The number of esters is 1. The second kappa shape index (κ2) is 5.02. The highest BCUT2D eigenvalue weighted by Gasteiger charge is 2.19. The molecule has 1 aromatic heterocycles. The lowest BCUT2D eigenvalue weighted by atomic mass is 10.1. The first kappa shape index (κ1) is 13.0. The van der Waals surface area contributed by atoms with Gasteiger partial charge in [0.2, 0.25) is 11.7 Å². The van der Waals surface area contributed by atoms with Gasteiger partial charge in [-0.15, -0.1) is 0 Å². The van der Waals surface area contributed by atoms with Gasteiger partial charge in [0.25, 0.3) is 0 Å². The first-order chi connectivity index (χ1) is 9.06. The molecule has 3 N–H and O–H groups in total. The highest BCUT2D eigenvalue weighted by Crippen LogP contribution is 2.28. The molecule has 0 aliphatic rings. The summed E-state index contributed by atoms with van der Waals surface area (Å²) in [4.78, 5) is 15.3. The minimum Gasteiger partial charge on any atom is -0.504 e. The maximum atomic E-state index is 13.5. The second-order valence-corrected chi connectivity index (χ2v) is 3.56. The van der Waals surface area contributed by atoms with Crippen molar-refractivity contribution in [2.75, 3.05) is 7.11 Å². The lowest BCUT2D eigenvalue weighted by molar-refractivity contribution is 0.0596. The predicted molar refractivity (Wildman–Crippen MR) is 60.6 cm³/mol. The van der Waals surface area contributed by atoms with Crippen molar-refractivity contribution in [3.8, 4) is 17.1 Å². The van der Waals surface area contributed by atoms with E-state index in [2.05, 4.69) is 14.9 Å². The van der Waals surface area contributed by atoms with Crippen LogP contribution in [0.5, 0.6) is 5.75 Å². The van der Waals surface area contributed by atoms with Gasteiger partial charge in [-0.05, 0) is 12.1 Å². The van der Waals surface area contributed by atoms with Crippen molar-refractivity contribution in [3.63, 3.8) is 0 Å². The number of halogens is 1. The number of hydrogen-bond acceptors (Lipinski definition) is 7. The number of rotatable bonds is 3. The van der Waals surface area contributed by atoms with Gasteiger partial charge in [-0.3, -0.25) is 0 Å². The number of hydrogen-bond donors (Lipinski definition) is 2. The van der Waals surface area contributed by atoms with Crippen LogP contribution in [0.1, 0.15) is 16.2 Å². The largest absolute Gasteiger partial charge is 0.504 e. The highest BCUT2D eigenvalue weighted by molar-refractivity contribution is 5.93. The highest BCUT2D eigenvalue weighted by atomic mass is 19.1. The minimum atomic E-state index is -0.989. The van der Waals surface area contributed by atoms with Gasteiger partial charge < -0.3 is 20.1 Å². The molecule has 7 nitrogen and oxygen atoms in total. The van der Waals surface area contributed by atoms with Crippen LogP contribution in [0.3, 0.4) is 0 Å². The number of nitrogens with zero attached hydrogens (tertiary/aromatic N) is 2. The molecular weight excluding hydrogens is 257 g/mol. The van der Waals surface area contributed by atoms with Crippen molar-refractivity contribution in [2.45, 2.75) is 6.54 Å². The number of phenols is 1. The third kappa shape index (κ3) is 2.38. The Bertz CT molecular complexity index is 626. The molecule has 0 radical (unpaired) electrons. The molecule has 0 amide bonds. The first-order valence-electron chi connectivity index (χ1n) is 5.20. The molecule has 0 saturated carbocycles. The Labute approximate surface area is 106 Å². The molecule has 2 rings (SSSR count). The Morgan fingerprint density at radius 3 is 2.89 bits per heavy atom. The molecule has 0 aliphatic carbocycles. The molecule has 2 aromatic rings. The van der Waals surface area contributed by atoms with Crippen LogP contribution in [0.2, 0.25) is 0 Å². The molecule has 19 heavy (non-hydrogen) atoms. The lowest BCUT2D eigenvalue weighted by Crippen LogP contribution is -2.03. The summed E-state index contributed by atoms with van der Waals surface area (Å²) < 4.78 is 22.8. The summed E-state index contributed by atoms with van der Waals surface area (Å²) in [6, 6.07) is 2.18. The van der Waals surface area contributed by atoms with E-state index in [1.807, 2.05) is 0 Å². The maximum absolute atomic E-state index is 13.5. The van der Waals surface area contributed by atoms with E-state index in [0.29, 0.717) is 0 Å². The molecule has 0 bridgehead atoms. The number of nitrogens with two attached hydrogens (primary N) is 1. The molecular formula is C11H10FN3O4. The molecule has 0 unspecified atom stereocenters. The Morgan fingerprint density at radius 2 is 2.32 bits per heavy atom. The van der Waals surface area contributed by atoms with E-state index in [0.717, 1.165) is 13.2 Å². The van der Waals surface area contributed by atoms with E-state index < -0.39 is 17.5 Å². The summed E-state index contributed by atoms with van der Waals surface area (Å²) in [5.74, 6) is -2.43. The zero-order chi connectivity index (χ0) is 14.0. The topological polar surface area (TPSA) is 111 Å². The number of aromatic hydroxyl groups is 1. The van der Waals surface area contributed by atoms with Gasteiger partial charge in [0.1, 0.15) is 5.56 Å². The van der Waals surface area contributed by atoms with Gasteiger partial charge in [-0.1, -0.05) is 5.16 Å². The summed E-state index contributed by atoms with van der Waals surface area (Å²) in [5.41, 5.74) is 5.15. The molecule has 1 aromatic carbocycles. The molecule has 0 aliphatic heterocycles. The minimum absolute atomic E-state index is 0.0391. The van der Waals surface area contributed by atoms with Crippen LogP contribution in [0.15, 0.2) is 16.7 Å². The van der Waals surface area contributed by atoms with Crippen molar-refractivity contribution < 1.29 is 23.6 Å². The van der Waals surface area contributed by atoms with Crippen LogP contribution in [0.4, 0.5) is 4.39 Å². The Hall–Kier alpha value is -2.48. The van der Waals surface area contributed by atoms with E-state index in [1.54, 1.807) is 0 Å². The molecule has 0 spiro atoms. The van der Waals surface area contributed by atoms with Crippen molar-refractivity contribution in [2.24, 2.45) is 5.73 Å². The SMILES string of the molecule is COC(=O)c1cc(-c2noc(CN)n2)cc(F)c1O. The van der Waals surface area contributed by atoms with Gasteiger partial charge >= 0.3 is 5.97 Å². The number of benzene rings is 1. The number of ether oxygens (including phenoxy) is 1. The zero-order valence-electron chi connectivity index (χ0n) is 9.88. The standard InChI is InChI=1S/C11H10FN3O4/c1-18-11(17)6-2-5(3-7(12)9(6)16)10-14-8(4-13)19-15-10/h2-3,16H,4,13H2,1H3. The number of carbonyl (C=O) groups is 1. The maximum Gasteiger partial charge on any atom is 0.341 e. The van der Waals surface area contributed by atoms with E-state index in [9.17, 15) is 14.3 Å². The molecule has 100 valence electrons. The fourth-order valence-corrected chi connectivity index (χ4v) is 1.45. The van der Waals surface area contributed by atoms with Crippen LogP contribution in [-0.2, 0) is 11.3 Å². The summed E-state index contributed by atoms with van der Waals surface area (Å²) in [7, 11) is 1.12.